The number of benzene rings is 3. The molecule has 0 radical (unpaired) electrons. The van der Waals surface area contributed by atoms with Crippen LogP contribution < -0.4 is 4.90 Å². The topological polar surface area (TPSA) is 32.8 Å². The van der Waals surface area contributed by atoms with Crippen molar-refractivity contribution >= 4 is 23.4 Å². The van der Waals surface area contributed by atoms with E-state index in [-0.39, 0.29) is 17.7 Å². The second-order valence-electron chi connectivity index (χ2n) is 9.46. The molecular weight excluding hydrogens is 534 g/mol. The predicted octanol–water partition coefficient (Wildman–Crippen LogP) is 7.43. The molecular formula is C27H21ClF6N2O2. The molecule has 0 saturated carbocycles. The average molecular weight is 555 g/mol. The van der Waals surface area contributed by atoms with Crippen LogP contribution in [0, 0.1) is 17.5 Å². The summed E-state index contributed by atoms with van der Waals surface area (Å²) >= 11 is 5.88. The maximum absolute atomic E-state index is 14.6. The lowest BCUT2D eigenvalue weighted by atomic mass is 9.90. The fourth-order valence-electron chi connectivity index (χ4n) is 5.00. The van der Waals surface area contributed by atoms with Crippen molar-refractivity contribution in [2.24, 2.45) is 0 Å². The number of hydrogen-bond acceptors (Lipinski definition) is 3. The summed E-state index contributed by atoms with van der Waals surface area (Å²) < 4.78 is 88.7. The van der Waals surface area contributed by atoms with Crippen LogP contribution in [-0.4, -0.2) is 36.2 Å². The Bertz CT molecular complexity index is 1370. The molecule has 2 fully saturated rings. The minimum absolute atomic E-state index is 0.0412. The Morgan fingerprint density at radius 2 is 1.61 bits per heavy atom. The lowest BCUT2D eigenvalue weighted by molar-refractivity contribution is -0.137. The molecule has 2 aliphatic heterocycles. The number of alkyl halides is 3. The third-order valence-corrected chi connectivity index (χ3v) is 7.34. The van der Waals surface area contributed by atoms with Crippen molar-refractivity contribution in [3.63, 3.8) is 0 Å². The lowest BCUT2D eigenvalue weighted by Gasteiger charge is -2.37. The van der Waals surface area contributed by atoms with Crippen LogP contribution in [0.3, 0.4) is 0 Å². The number of halogens is 7. The van der Waals surface area contributed by atoms with Crippen molar-refractivity contribution in [1.29, 1.82) is 0 Å². The second-order valence-corrected chi connectivity index (χ2v) is 9.87. The molecule has 3 aromatic carbocycles. The Hall–Kier alpha value is -3.24. The third-order valence-electron chi connectivity index (χ3n) is 7.02. The van der Waals surface area contributed by atoms with E-state index >= 15 is 0 Å². The number of hydrogen-bond donors (Lipinski definition) is 0. The summed E-state index contributed by atoms with van der Waals surface area (Å²) in [6, 6.07) is 12.5. The van der Waals surface area contributed by atoms with E-state index in [2.05, 4.69) is 0 Å². The number of para-hydroxylation sites is 1. The van der Waals surface area contributed by atoms with Gasteiger partial charge >= 0.3 is 12.3 Å². The molecule has 0 aliphatic carbocycles. The van der Waals surface area contributed by atoms with Gasteiger partial charge in [0.1, 0.15) is 5.60 Å². The molecule has 3 aromatic rings. The van der Waals surface area contributed by atoms with Crippen molar-refractivity contribution < 1.29 is 35.9 Å². The van der Waals surface area contributed by atoms with Crippen molar-refractivity contribution in [1.82, 2.24) is 4.90 Å². The van der Waals surface area contributed by atoms with Crippen molar-refractivity contribution in [2.45, 2.75) is 31.2 Å². The monoisotopic (exact) mass is 554 g/mol. The molecule has 0 aromatic heterocycles. The zero-order valence-corrected chi connectivity index (χ0v) is 20.6. The summed E-state index contributed by atoms with van der Waals surface area (Å²) in [6.45, 7) is 1.05. The molecule has 0 unspecified atom stereocenters. The first kappa shape index (κ1) is 26.4. The van der Waals surface area contributed by atoms with E-state index in [0.29, 0.717) is 44.2 Å². The van der Waals surface area contributed by atoms with Gasteiger partial charge in [-0.2, -0.15) is 13.2 Å². The molecule has 0 N–H and O–H groups in total. The Kier molecular flexibility index (Phi) is 6.81. The van der Waals surface area contributed by atoms with Gasteiger partial charge in [-0.05, 0) is 47.5 Å². The average Bonchev–Trinajstić information content (AvgIpc) is 3.20. The third kappa shape index (κ3) is 4.94. The van der Waals surface area contributed by atoms with Gasteiger partial charge in [-0.15, -0.1) is 0 Å². The summed E-state index contributed by atoms with van der Waals surface area (Å²) in [6.07, 6.45) is -4.39. The molecule has 2 aliphatic rings. The van der Waals surface area contributed by atoms with E-state index in [1.165, 1.54) is 0 Å². The van der Waals surface area contributed by atoms with Crippen LogP contribution in [0.2, 0.25) is 5.02 Å². The summed E-state index contributed by atoms with van der Waals surface area (Å²) in [5.74, 6) is -4.66. The van der Waals surface area contributed by atoms with Gasteiger partial charge in [0.05, 0.1) is 17.1 Å². The van der Waals surface area contributed by atoms with Gasteiger partial charge in [-0.3, -0.25) is 9.80 Å². The molecule has 2 heterocycles. The first-order valence-electron chi connectivity index (χ1n) is 11.8. The van der Waals surface area contributed by atoms with Gasteiger partial charge in [-0.25, -0.2) is 18.0 Å². The quantitative estimate of drug-likeness (QED) is 0.248. The molecule has 1 spiro atoms. The molecule has 0 bridgehead atoms. The number of carbonyl (C=O) groups is 1. The molecule has 200 valence electrons. The van der Waals surface area contributed by atoms with Gasteiger partial charge in [0, 0.05) is 43.7 Å². The largest absolute Gasteiger partial charge is 0.441 e. The highest BCUT2D eigenvalue weighted by molar-refractivity contribution is 6.31. The van der Waals surface area contributed by atoms with E-state index in [1.54, 1.807) is 17.0 Å². The van der Waals surface area contributed by atoms with Gasteiger partial charge in [0.15, 0.2) is 17.5 Å². The molecule has 1 amide bonds. The summed E-state index contributed by atoms with van der Waals surface area (Å²) in [7, 11) is 0. The van der Waals surface area contributed by atoms with Crippen LogP contribution in [0.15, 0.2) is 54.6 Å². The Labute approximate surface area is 219 Å². The second kappa shape index (κ2) is 9.81. The Balaban J connectivity index is 1.40. The van der Waals surface area contributed by atoms with Gasteiger partial charge < -0.3 is 4.74 Å². The number of carbonyl (C=O) groups excluding carboxylic acids is 1. The molecule has 38 heavy (non-hydrogen) atoms. The normalized spacial score (nSPS) is 17.8. The van der Waals surface area contributed by atoms with E-state index < -0.39 is 51.5 Å². The van der Waals surface area contributed by atoms with Crippen LogP contribution in [0.1, 0.15) is 24.0 Å². The highest BCUT2D eigenvalue weighted by atomic mass is 35.5. The molecule has 11 heteroatoms. The van der Waals surface area contributed by atoms with Gasteiger partial charge in [0.2, 0.25) is 0 Å². The summed E-state index contributed by atoms with van der Waals surface area (Å²) in [5, 5.41) is -0.683. The Morgan fingerprint density at radius 1 is 0.921 bits per heavy atom. The smallest absolute Gasteiger partial charge is 0.417 e. The van der Waals surface area contributed by atoms with Gasteiger partial charge in [0.25, 0.3) is 0 Å². The molecule has 4 nitrogen and oxygen atoms in total. The molecule has 5 rings (SSSR count). The number of rotatable bonds is 4. The highest BCUT2D eigenvalue weighted by Crippen LogP contribution is 2.41. The number of ether oxygens (including phenoxy) is 1. The number of nitrogens with zero attached hydrogens (tertiary/aromatic N) is 2. The maximum atomic E-state index is 14.6. The van der Waals surface area contributed by atoms with Crippen LogP contribution >= 0.6 is 11.6 Å². The first-order chi connectivity index (χ1) is 18.0. The zero-order chi connectivity index (χ0) is 27.2. The molecule has 2 saturated heterocycles. The first-order valence-corrected chi connectivity index (χ1v) is 12.2. The minimum Gasteiger partial charge on any atom is -0.441 e. The number of amides is 1. The standard InChI is InChI=1S/C27H21ClF6N2O2/c28-21-13-19(18-6-7-22(29)24(31)23(18)30)16(12-20(21)27(32,33)34)14-35-10-8-26(9-11-35)15-36(25(37)38-26)17-4-2-1-3-5-17/h1-7,12-13H,8-11,14-15H2. The van der Waals surface area contributed by atoms with Crippen LogP contribution in [0.4, 0.5) is 36.8 Å². The van der Waals surface area contributed by atoms with Crippen molar-refractivity contribution in [3.8, 4) is 11.1 Å². The summed E-state index contributed by atoms with van der Waals surface area (Å²) in [5.41, 5.74) is -1.56. The van der Waals surface area contributed by atoms with Crippen LogP contribution in [-0.2, 0) is 17.5 Å². The predicted molar refractivity (Wildman–Crippen MR) is 129 cm³/mol. The fraction of sp³-hybridized carbons (Fsp3) is 0.296. The number of piperidine rings is 1. The van der Waals surface area contributed by atoms with Gasteiger partial charge in [-0.1, -0.05) is 29.8 Å². The van der Waals surface area contributed by atoms with Crippen molar-refractivity contribution in [2.75, 3.05) is 24.5 Å². The SMILES string of the molecule is O=C1OC2(CCN(Cc3cc(C(F)(F)F)c(Cl)cc3-c3ccc(F)c(F)c3F)CC2)CN1c1ccccc1. The summed E-state index contributed by atoms with van der Waals surface area (Å²) in [4.78, 5) is 15.9. The van der Waals surface area contributed by atoms with E-state index in [4.69, 9.17) is 16.3 Å². The highest BCUT2D eigenvalue weighted by Gasteiger charge is 2.47. The zero-order valence-electron chi connectivity index (χ0n) is 19.8. The maximum Gasteiger partial charge on any atom is 0.417 e. The van der Waals surface area contributed by atoms with E-state index in [0.717, 1.165) is 18.2 Å². The van der Waals surface area contributed by atoms with Crippen LogP contribution in [0.5, 0.6) is 0 Å². The minimum atomic E-state index is -4.78. The number of likely N-dealkylation sites (tertiary alicyclic amines) is 1. The van der Waals surface area contributed by atoms with E-state index in [1.807, 2.05) is 23.1 Å². The lowest BCUT2D eigenvalue weighted by Crippen LogP contribution is -2.46. The number of anilines is 1. The van der Waals surface area contributed by atoms with Crippen LogP contribution in [0.25, 0.3) is 11.1 Å². The van der Waals surface area contributed by atoms with Crippen molar-refractivity contribution in [3.05, 3.63) is 88.2 Å². The fourth-order valence-corrected chi connectivity index (χ4v) is 5.27. The Morgan fingerprint density at radius 3 is 2.26 bits per heavy atom. The van der Waals surface area contributed by atoms with E-state index in [9.17, 15) is 31.1 Å². The molecule has 0 atom stereocenters.